The molecule has 1 aromatic heterocycles. The van der Waals surface area contributed by atoms with Crippen LogP contribution in [0.15, 0.2) is 35.8 Å². The molecule has 2 heterocycles. The number of anilines is 1. The van der Waals surface area contributed by atoms with E-state index in [4.69, 9.17) is 0 Å². The third kappa shape index (κ3) is 2.83. The third-order valence-corrected chi connectivity index (χ3v) is 4.01. The van der Waals surface area contributed by atoms with Gasteiger partial charge in [-0.05, 0) is 31.5 Å². The lowest BCUT2D eigenvalue weighted by atomic mass is 10.2. The Bertz CT molecular complexity index is 562. The highest BCUT2D eigenvalue weighted by Gasteiger charge is 2.21. The van der Waals surface area contributed by atoms with Crippen LogP contribution in [0.4, 0.5) is 5.69 Å². The van der Waals surface area contributed by atoms with Crippen molar-refractivity contribution in [2.45, 2.75) is 18.9 Å². The van der Waals surface area contributed by atoms with Crippen molar-refractivity contribution < 1.29 is 4.79 Å². The number of amides is 1. The van der Waals surface area contributed by atoms with Crippen LogP contribution in [-0.4, -0.2) is 23.5 Å². The number of hydrogen-bond acceptors (Lipinski definition) is 4. The molecule has 19 heavy (non-hydrogen) atoms. The second kappa shape index (κ2) is 5.50. The average Bonchev–Trinajstić information content (AvgIpc) is 3.13. The van der Waals surface area contributed by atoms with Crippen molar-refractivity contribution in [2.24, 2.45) is 0 Å². The first-order valence-corrected chi connectivity index (χ1v) is 7.25. The van der Waals surface area contributed by atoms with Gasteiger partial charge in [-0.1, -0.05) is 12.1 Å². The summed E-state index contributed by atoms with van der Waals surface area (Å²) in [4.78, 5) is 16.3. The standard InChI is InChI=1S/C14H15N3OS/c18-13(12-5-2-6-15-12)17-11-4-1-3-10(9-11)14-16-7-8-19-14/h1,3-4,7-9,12,15H,2,5-6H2,(H,17,18). The quantitative estimate of drug-likeness (QED) is 0.903. The summed E-state index contributed by atoms with van der Waals surface area (Å²) in [7, 11) is 0. The number of hydrogen-bond donors (Lipinski definition) is 2. The van der Waals surface area contributed by atoms with Crippen molar-refractivity contribution in [3.8, 4) is 10.6 Å². The van der Waals surface area contributed by atoms with Crippen molar-refractivity contribution in [2.75, 3.05) is 11.9 Å². The van der Waals surface area contributed by atoms with Gasteiger partial charge in [0, 0.05) is 22.8 Å². The Labute approximate surface area is 115 Å². The first-order chi connectivity index (χ1) is 9.33. The molecule has 0 saturated carbocycles. The normalized spacial score (nSPS) is 18.4. The molecule has 1 aromatic carbocycles. The molecular formula is C14H15N3OS. The van der Waals surface area contributed by atoms with Crippen molar-refractivity contribution in [1.29, 1.82) is 0 Å². The summed E-state index contributed by atoms with van der Waals surface area (Å²) >= 11 is 1.59. The number of aromatic nitrogens is 1. The number of carbonyl (C=O) groups is 1. The van der Waals surface area contributed by atoms with Gasteiger partial charge in [-0.2, -0.15) is 0 Å². The predicted molar refractivity (Wildman–Crippen MR) is 77.2 cm³/mol. The molecule has 0 bridgehead atoms. The Morgan fingerprint density at radius 2 is 2.42 bits per heavy atom. The number of nitrogens with one attached hydrogen (secondary N) is 2. The first-order valence-electron chi connectivity index (χ1n) is 6.37. The van der Waals surface area contributed by atoms with Crippen LogP contribution in [0.25, 0.3) is 10.6 Å². The van der Waals surface area contributed by atoms with Gasteiger partial charge in [0.1, 0.15) is 5.01 Å². The van der Waals surface area contributed by atoms with E-state index in [1.54, 1.807) is 17.5 Å². The molecule has 3 rings (SSSR count). The lowest BCUT2D eigenvalue weighted by molar-refractivity contribution is -0.117. The van der Waals surface area contributed by atoms with E-state index < -0.39 is 0 Å². The lowest BCUT2D eigenvalue weighted by Gasteiger charge is -2.11. The van der Waals surface area contributed by atoms with Gasteiger partial charge in [0.25, 0.3) is 0 Å². The minimum atomic E-state index is -0.0523. The zero-order valence-corrected chi connectivity index (χ0v) is 11.2. The van der Waals surface area contributed by atoms with E-state index in [2.05, 4.69) is 15.6 Å². The fourth-order valence-electron chi connectivity index (χ4n) is 2.23. The molecule has 1 amide bonds. The average molecular weight is 273 g/mol. The van der Waals surface area contributed by atoms with Crippen LogP contribution in [0, 0.1) is 0 Å². The van der Waals surface area contributed by atoms with E-state index in [-0.39, 0.29) is 11.9 Å². The Hall–Kier alpha value is -1.72. The summed E-state index contributed by atoms with van der Waals surface area (Å²) in [6.07, 6.45) is 3.77. The first kappa shape index (κ1) is 12.3. The Morgan fingerprint density at radius 1 is 1.47 bits per heavy atom. The molecule has 2 N–H and O–H groups in total. The number of carbonyl (C=O) groups excluding carboxylic acids is 1. The van der Waals surface area contributed by atoms with Gasteiger partial charge in [0.2, 0.25) is 5.91 Å². The highest BCUT2D eigenvalue weighted by atomic mass is 32.1. The molecule has 1 fully saturated rings. The van der Waals surface area contributed by atoms with Crippen LogP contribution in [-0.2, 0) is 4.79 Å². The number of rotatable bonds is 3. The van der Waals surface area contributed by atoms with Gasteiger partial charge in [-0.15, -0.1) is 11.3 Å². The minimum absolute atomic E-state index is 0.0498. The molecule has 2 aromatic rings. The minimum Gasteiger partial charge on any atom is -0.325 e. The zero-order valence-electron chi connectivity index (χ0n) is 10.4. The third-order valence-electron chi connectivity index (χ3n) is 3.19. The Balaban J connectivity index is 1.74. The molecule has 0 spiro atoms. The van der Waals surface area contributed by atoms with Gasteiger partial charge >= 0.3 is 0 Å². The van der Waals surface area contributed by atoms with E-state index in [0.29, 0.717) is 0 Å². The van der Waals surface area contributed by atoms with Crippen LogP contribution in [0.2, 0.25) is 0 Å². The lowest BCUT2D eigenvalue weighted by Crippen LogP contribution is -2.35. The van der Waals surface area contributed by atoms with Crippen LogP contribution >= 0.6 is 11.3 Å². The van der Waals surface area contributed by atoms with Crippen molar-refractivity contribution in [3.05, 3.63) is 35.8 Å². The zero-order chi connectivity index (χ0) is 13.1. The fraction of sp³-hybridized carbons (Fsp3) is 0.286. The topological polar surface area (TPSA) is 54.0 Å². The highest BCUT2D eigenvalue weighted by molar-refractivity contribution is 7.13. The van der Waals surface area contributed by atoms with Gasteiger partial charge < -0.3 is 10.6 Å². The smallest absolute Gasteiger partial charge is 0.241 e. The van der Waals surface area contributed by atoms with Crippen LogP contribution < -0.4 is 10.6 Å². The van der Waals surface area contributed by atoms with Crippen molar-refractivity contribution in [3.63, 3.8) is 0 Å². The van der Waals surface area contributed by atoms with Crippen molar-refractivity contribution >= 4 is 22.9 Å². The second-order valence-electron chi connectivity index (χ2n) is 4.56. The van der Waals surface area contributed by atoms with Gasteiger partial charge in [0.15, 0.2) is 0 Å². The summed E-state index contributed by atoms with van der Waals surface area (Å²) < 4.78 is 0. The van der Waals surface area contributed by atoms with E-state index in [1.807, 2.05) is 29.6 Å². The van der Waals surface area contributed by atoms with E-state index in [0.717, 1.165) is 35.6 Å². The second-order valence-corrected chi connectivity index (χ2v) is 5.45. The van der Waals surface area contributed by atoms with Crippen molar-refractivity contribution in [1.82, 2.24) is 10.3 Å². The number of nitrogens with zero attached hydrogens (tertiary/aromatic N) is 1. The SMILES string of the molecule is O=C(Nc1cccc(-c2nccs2)c1)C1CCCN1. The van der Waals surface area contributed by atoms with E-state index in [1.165, 1.54) is 0 Å². The predicted octanol–water partition coefficient (Wildman–Crippen LogP) is 2.50. The van der Waals surface area contributed by atoms with Gasteiger partial charge in [0.05, 0.1) is 6.04 Å². The number of thiazole rings is 1. The molecule has 5 heteroatoms. The van der Waals surface area contributed by atoms with Crippen LogP contribution in [0.3, 0.4) is 0 Å². The molecule has 1 atom stereocenters. The highest BCUT2D eigenvalue weighted by Crippen LogP contribution is 2.24. The summed E-state index contributed by atoms with van der Waals surface area (Å²) in [5, 5.41) is 9.07. The molecule has 0 radical (unpaired) electrons. The molecule has 4 nitrogen and oxygen atoms in total. The Kier molecular flexibility index (Phi) is 3.57. The van der Waals surface area contributed by atoms with Gasteiger partial charge in [-0.3, -0.25) is 4.79 Å². The van der Waals surface area contributed by atoms with Crippen LogP contribution in [0.5, 0.6) is 0 Å². The summed E-state index contributed by atoms with van der Waals surface area (Å²) in [6.45, 7) is 0.928. The molecule has 0 aliphatic carbocycles. The van der Waals surface area contributed by atoms with E-state index >= 15 is 0 Å². The maximum absolute atomic E-state index is 12.0. The molecule has 1 aliphatic rings. The van der Waals surface area contributed by atoms with Crippen LogP contribution in [0.1, 0.15) is 12.8 Å². The largest absolute Gasteiger partial charge is 0.325 e. The van der Waals surface area contributed by atoms with E-state index in [9.17, 15) is 4.79 Å². The maximum atomic E-state index is 12.0. The Morgan fingerprint density at radius 3 is 3.16 bits per heavy atom. The molecule has 1 aliphatic heterocycles. The maximum Gasteiger partial charge on any atom is 0.241 e. The summed E-state index contributed by atoms with van der Waals surface area (Å²) in [6, 6.07) is 7.76. The van der Waals surface area contributed by atoms with Gasteiger partial charge in [-0.25, -0.2) is 4.98 Å². The summed E-state index contributed by atoms with van der Waals surface area (Å²) in [5.41, 5.74) is 1.86. The molecule has 1 saturated heterocycles. The molecule has 98 valence electrons. The summed E-state index contributed by atoms with van der Waals surface area (Å²) in [5.74, 6) is 0.0498. The fourth-order valence-corrected chi connectivity index (χ4v) is 2.87. The molecular weight excluding hydrogens is 258 g/mol. The monoisotopic (exact) mass is 273 g/mol. The molecule has 1 unspecified atom stereocenters. The number of benzene rings is 1.